The Morgan fingerprint density at radius 2 is 1.91 bits per heavy atom. The summed E-state index contributed by atoms with van der Waals surface area (Å²) in [4.78, 5) is 22.8. The van der Waals surface area contributed by atoms with E-state index >= 15 is 0 Å². The Labute approximate surface area is 133 Å². The maximum absolute atomic E-state index is 12.7. The summed E-state index contributed by atoms with van der Waals surface area (Å²) in [6.07, 6.45) is -4.98. The Morgan fingerprint density at radius 3 is 2.41 bits per heavy atom. The van der Waals surface area contributed by atoms with Crippen molar-refractivity contribution in [3.8, 4) is 0 Å². The van der Waals surface area contributed by atoms with Gasteiger partial charge in [-0.15, -0.1) is 0 Å². The second kappa shape index (κ2) is 7.55. The molecule has 2 N–H and O–H groups in total. The molecule has 0 radical (unpaired) electrons. The molecule has 0 spiro atoms. The number of nitrogens with one attached hydrogen (secondary N) is 2. The van der Waals surface area contributed by atoms with Gasteiger partial charge < -0.3 is 15.4 Å². The third-order valence-electron chi connectivity index (χ3n) is 2.30. The van der Waals surface area contributed by atoms with Gasteiger partial charge in [-0.25, -0.2) is 9.59 Å². The number of hydrogen-bond acceptors (Lipinski definition) is 3. The first-order chi connectivity index (χ1) is 10.1. The minimum atomic E-state index is -4.98. The van der Waals surface area contributed by atoms with Gasteiger partial charge in [0.1, 0.15) is 0 Å². The van der Waals surface area contributed by atoms with E-state index in [0.717, 1.165) is 0 Å². The summed E-state index contributed by atoms with van der Waals surface area (Å²) in [6, 6.07) is -0.0764. The maximum atomic E-state index is 12.7. The summed E-state index contributed by atoms with van der Waals surface area (Å²) in [6.45, 7) is 1.10. The molecule has 0 aliphatic carbocycles. The molecule has 0 saturated heterocycles. The zero-order valence-corrected chi connectivity index (χ0v) is 12.6. The number of halogens is 5. The van der Waals surface area contributed by atoms with Crippen LogP contribution >= 0.6 is 23.2 Å². The molecular formula is C12H11Cl2F3N2O3. The van der Waals surface area contributed by atoms with Gasteiger partial charge >= 0.3 is 18.2 Å². The standard InChI is InChI=1S/C12H11Cl2F3N2O3/c1-2-22-10(20)9(12(15,16)17)19-11(21)18-6-3-4-7(13)8(14)5-6/h3-5,9H,2H2,1H3,(H2,18,19,21)/t9-/m0/s1. The highest BCUT2D eigenvalue weighted by Crippen LogP contribution is 2.25. The highest BCUT2D eigenvalue weighted by atomic mass is 35.5. The van der Waals surface area contributed by atoms with Crippen LogP contribution in [0.5, 0.6) is 0 Å². The number of ether oxygens (including phenoxy) is 1. The molecule has 0 aliphatic rings. The number of anilines is 1. The SMILES string of the molecule is CCOC(=O)[C@H](NC(=O)Nc1ccc(Cl)c(Cl)c1)C(F)(F)F. The highest BCUT2D eigenvalue weighted by Gasteiger charge is 2.47. The quantitative estimate of drug-likeness (QED) is 0.808. The van der Waals surface area contributed by atoms with E-state index in [-0.39, 0.29) is 22.3 Å². The van der Waals surface area contributed by atoms with Crippen LogP contribution < -0.4 is 10.6 Å². The number of urea groups is 1. The molecule has 2 amide bonds. The number of hydrogen-bond donors (Lipinski definition) is 2. The van der Waals surface area contributed by atoms with E-state index in [1.807, 2.05) is 0 Å². The lowest BCUT2D eigenvalue weighted by molar-refractivity contribution is -0.182. The first-order valence-corrected chi connectivity index (χ1v) is 6.66. The molecule has 1 rings (SSSR count). The molecule has 0 fully saturated rings. The largest absolute Gasteiger partial charge is 0.464 e. The predicted octanol–water partition coefficient (Wildman–Crippen LogP) is 3.61. The van der Waals surface area contributed by atoms with Crippen LogP contribution in [-0.4, -0.2) is 30.8 Å². The fourth-order valence-electron chi connectivity index (χ4n) is 1.37. The van der Waals surface area contributed by atoms with E-state index in [0.29, 0.717) is 0 Å². The van der Waals surface area contributed by atoms with Crippen LogP contribution in [0.4, 0.5) is 23.7 Å². The van der Waals surface area contributed by atoms with E-state index < -0.39 is 24.2 Å². The van der Waals surface area contributed by atoms with Crippen LogP contribution in [0.2, 0.25) is 10.0 Å². The Morgan fingerprint density at radius 1 is 1.27 bits per heavy atom. The molecular weight excluding hydrogens is 348 g/mol. The lowest BCUT2D eigenvalue weighted by Gasteiger charge is -2.20. The molecule has 0 bridgehead atoms. The average Bonchev–Trinajstić information content (AvgIpc) is 2.39. The normalized spacial score (nSPS) is 12.5. The highest BCUT2D eigenvalue weighted by molar-refractivity contribution is 6.42. The fourth-order valence-corrected chi connectivity index (χ4v) is 1.67. The van der Waals surface area contributed by atoms with Gasteiger partial charge in [0.15, 0.2) is 0 Å². The second-order valence-electron chi connectivity index (χ2n) is 3.95. The van der Waals surface area contributed by atoms with E-state index in [1.165, 1.54) is 30.4 Å². The summed E-state index contributed by atoms with van der Waals surface area (Å²) in [5, 5.41) is 3.93. The molecule has 22 heavy (non-hydrogen) atoms. The van der Waals surface area contributed by atoms with E-state index in [4.69, 9.17) is 23.2 Å². The van der Waals surface area contributed by atoms with Crippen molar-refractivity contribution >= 4 is 40.9 Å². The lowest BCUT2D eigenvalue weighted by Crippen LogP contribution is -2.52. The van der Waals surface area contributed by atoms with Gasteiger partial charge in [0.25, 0.3) is 0 Å². The molecule has 1 aromatic carbocycles. The van der Waals surface area contributed by atoms with Crippen LogP contribution in [0.15, 0.2) is 18.2 Å². The van der Waals surface area contributed by atoms with Gasteiger partial charge in [-0.2, -0.15) is 13.2 Å². The summed E-state index contributed by atoms with van der Waals surface area (Å²) in [7, 11) is 0. The smallest absolute Gasteiger partial charge is 0.419 e. The maximum Gasteiger partial charge on any atom is 0.419 e. The number of esters is 1. The third-order valence-corrected chi connectivity index (χ3v) is 3.04. The molecule has 1 atom stereocenters. The van der Waals surface area contributed by atoms with Crippen molar-refractivity contribution < 1.29 is 27.5 Å². The zero-order valence-electron chi connectivity index (χ0n) is 11.1. The molecule has 0 heterocycles. The molecule has 0 aromatic heterocycles. The number of carbonyl (C=O) groups is 2. The van der Waals surface area contributed by atoms with Crippen molar-refractivity contribution in [1.82, 2.24) is 5.32 Å². The van der Waals surface area contributed by atoms with Gasteiger partial charge in [0.2, 0.25) is 6.04 Å². The molecule has 0 aliphatic heterocycles. The first-order valence-electron chi connectivity index (χ1n) is 5.91. The Bertz CT molecular complexity index is 567. The molecule has 0 saturated carbocycles. The van der Waals surface area contributed by atoms with Crippen LogP contribution in [-0.2, 0) is 9.53 Å². The number of carbonyl (C=O) groups excluding carboxylic acids is 2. The van der Waals surface area contributed by atoms with Gasteiger partial charge in [-0.05, 0) is 25.1 Å². The monoisotopic (exact) mass is 358 g/mol. The Kier molecular flexibility index (Phi) is 6.31. The number of rotatable bonds is 4. The lowest BCUT2D eigenvalue weighted by atomic mass is 10.3. The van der Waals surface area contributed by atoms with Gasteiger partial charge in [0.05, 0.1) is 16.7 Å². The van der Waals surface area contributed by atoms with Crippen LogP contribution in [0, 0.1) is 0 Å². The molecule has 10 heteroatoms. The summed E-state index contributed by atoms with van der Waals surface area (Å²) in [5.41, 5.74) is 0.108. The summed E-state index contributed by atoms with van der Waals surface area (Å²) >= 11 is 11.4. The Balaban J connectivity index is 2.78. The van der Waals surface area contributed by atoms with Crippen LogP contribution in [0.25, 0.3) is 0 Å². The Hall–Kier alpha value is -1.67. The van der Waals surface area contributed by atoms with E-state index in [9.17, 15) is 22.8 Å². The molecule has 1 aromatic rings. The second-order valence-corrected chi connectivity index (χ2v) is 4.77. The van der Waals surface area contributed by atoms with Gasteiger partial charge in [-0.1, -0.05) is 23.2 Å². The van der Waals surface area contributed by atoms with Crippen molar-refractivity contribution in [2.75, 3.05) is 11.9 Å². The van der Waals surface area contributed by atoms with Crippen molar-refractivity contribution in [2.45, 2.75) is 19.1 Å². The van der Waals surface area contributed by atoms with Gasteiger partial charge in [-0.3, -0.25) is 0 Å². The number of alkyl halides is 3. The fraction of sp³-hybridized carbons (Fsp3) is 0.333. The molecule has 122 valence electrons. The first kappa shape index (κ1) is 18.4. The minimum Gasteiger partial charge on any atom is -0.464 e. The number of benzene rings is 1. The van der Waals surface area contributed by atoms with Crippen LogP contribution in [0.3, 0.4) is 0 Å². The average molecular weight is 359 g/mol. The molecule has 0 unspecified atom stereocenters. The van der Waals surface area contributed by atoms with E-state index in [1.54, 1.807) is 0 Å². The topological polar surface area (TPSA) is 67.4 Å². The van der Waals surface area contributed by atoms with Crippen molar-refractivity contribution in [3.63, 3.8) is 0 Å². The minimum absolute atomic E-state index is 0.108. The van der Waals surface area contributed by atoms with Crippen molar-refractivity contribution in [2.24, 2.45) is 0 Å². The van der Waals surface area contributed by atoms with E-state index in [2.05, 4.69) is 10.1 Å². The van der Waals surface area contributed by atoms with Crippen molar-refractivity contribution in [3.05, 3.63) is 28.2 Å². The summed E-state index contributed by atoms with van der Waals surface area (Å²) < 4.78 is 42.5. The predicted molar refractivity (Wildman–Crippen MR) is 75.1 cm³/mol. The third kappa shape index (κ3) is 5.27. The van der Waals surface area contributed by atoms with Crippen LogP contribution in [0.1, 0.15) is 6.92 Å². The van der Waals surface area contributed by atoms with Crippen molar-refractivity contribution in [1.29, 1.82) is 0 Å². The number of amides is 2. The summed E-state index contributed by atoms with van der Waals surface area (Å²) in [5.74, 6) is -1.60. The zero-order chi connectivity index (χ0) is 16.9. The van der Waals surface area contributed by atoms with Gasteiger partial charge in [0, 0.05) is 5.69 Å². The molecule has 5 nitrogen and oxygen atoms in total.